The number of ether oxygens (including phenoxy) is 1. The van der Waals surface area contributed by atoms with Gasteiger partial charge in [-0.2, -0.15) is 0 Å². The second-order valence-electron chi connectivity index (χ2n) is 5.68. The SMILES string of the molecule is CC(NC(=O)C(=O)Nc1ccccc1N(C)C)C1CCCO1. The maximum Gasteiger partial charge on any atom is 0.313 e. The number of nitrogens with zero attached hydrogens (tertiary/aromatic N) is 1. The zero-order valence-electron chi connectivity index (χ0n) is 13.3. The average Bonchev–Trinajstić information content (AvgIpc) is 3.01. The molecule has 0 aliphatic carbocycles. The number of rotatable bonds is 4. The lowest BCUT2D eigenvalue weighted by molar-refractivity contribution is -0.137. The summed E-state index contributed by atoms with van der Waals surface area (Å²) < 4.78 is 5.51. The van der Waals surface area contributed by atoms with Crippen LogP contribution in [-0.2, 0) is 14.3 Å². The molecule has 120 valence electrons. The third-order valence-corrected chi connectivity index (χ3v) is 3.72. The largest absolute Gasteiger partial charge is 0.376 e. The van der Waals surface area contributed by atoms with Crippen LogP contribution < -0.4 is 15.5 Å². The number of hydrogen-bond acceptors (Lipinski definition) is 4. The van der Waals surface area contributed by atoms with Crippen molar-refractivity contribution in [3.63, 3.8) is 0 Å². The number of amides is 2. The van der Waals surface area contributed by atoms with Gasteiger partial charge in [0.1, 0.15) is 0 Å². The summed E-state index contributed by atoms with van der Waals surface area (Å²) in [4.78, 5) is 25.9. The topological polar surface area (TPSA) is 70.7 Å². The fourth-order valence-electron chi connectivity index (χ4n) is 2.51. The van der Waals surface area contributed by atoms with Crippen LogP contribution in [0.4, 0.5) is 11.4 Å². The fraction of sp³-hybridized carbons (Fsp3) is 0.500. The lowest BCUT2D eigenvalue weighted by atomic mass is 10.1. The highest BCUT2D eigenvalue weighted by atomic mass is 16.5. The molecule has 2 atom stereocenters. The Morgan fingerprint density at radius 2 is 2.00 bits per heavy atom. The quantitative estimate of drug-likeness (QED) is 0.824. The minimum absolute atomic E-state index is 0.00851. The minimum atomic E-state index is -0.667. The maximum absolute atomic E-state index is 12.1. The molecule has 0 saturated carbocycles. The molecule has 22 heavy (non-hydrogen) atoms. The summed E-state index contributed by atoms with van der Waals surface area (Å²) in [5.74, 6) is -1.31. The molecule has 2 N–H and O–H groups in total. The Labute approximate surface area is 130 Å². The molecule has 1 aliphatic rings. The molecule has 0 bridgehead atoms. The van der Waals surface area contributed by atoms with Gasteiger partial charge in [-0.15, -0.1) is 0 Å². The van der Waals surface area contributed by atoms with E-state index >= 15 is 0 Å². The number of carbonyl (C=O) groups is 2. The molecule has 1 aliphatic heterocycles. The molecule has 1 aromatic rings. The van der Waals surface area contributed by atoms with Crippen LogP contribution in [0.15, 0.2) is 24.3 Å². The van der Waals surface area contributed by atoms with Crippen LogP contribution in [0.5, 0.6) is 0 Å². The smallest absolute Gasteiger partial charge is 0.313 e. The van der Waals surface area contributed by atoms with Crippen LogP contribution in [0.25, 0.3) is 0 Å². The predicted octanol–water partition coefficient (Wildman–Crippen LogP) is 1.37. The third-order valence-electron chi connectivity index (χ3n) is 3.72. The van der Waals surface area contributed by atoms with Gasteiger partial charge in [0.2, 0.25) is 0 Å². The van der Waals surface area contributed by atoms with Gasteiger partial charge in [0.25, 0.3) is 0 Å². The number of para-hydroxylation sites is 2. The van der Waals surface area contributed by atoms with Gasteiger partial charge in [0.15, 0.2) is 0 Å². The van der Waals surface area contributed by atoms with Crippen molar-refractivity contribution in [2.75, 3.05) is 30.9 Å². The molecule has 6 nitrogen and oxygen atoms in total. The Morgan fingerprint density at radius 3 is 2.64 bits per heavy atom. The maximum atomic E-state index is 12.1. The van der Waals surface area contributed by atoms with Gasteiger partial charge in [-0.3, -0.25) is 9.59 Å². The fourth-order valence-corrected chi connectivity index (χ4v) is 2.51. The summed E-state index contributed by atoms with van der Waals surface area (Å²) >= 11 is 0. The molecule has 1 aromatic carbocycles. The first-order chi connectivity index (χ1) is 10.5. The van der Waals surface area contributed by atoms with Gasteiger partial charge in [0, 0.05) is 20.7 Å². The monoisotopic (exact) mass is 305 g/mol. The Balaban J connectivity index is 1.95. The van der Waals surface area contributed by atoms with Crippen LogP contribution in [0.3, 0.4) is 0 Å². The zero-order chi connectivity index (χ0) is 16.1. The van der Waals surface area contributed by atoms with E-state index in [1.807, 2.05) is 44.1 Å². The first-order valence-corrected chi connectivity index (χ1v) is 7.49. The number of anilines is 2. The van der Waals surface area contributed by atoms with Gasteiger partial charge >= 0.3 is 11.8 Å². The molecule has 2 rings (SSSR count). The lowest BCUT2D eigenvalue weighted by Gasteiger charge is -2.20. The van der Waals surface area contributed by atoms with E-state index in [1.54, 1.807) is 6.07 Å². The number of benzene rings is 1. The van der Waals surface area contributed by atoms with E-state index < -0.39 is 11.8 Å². The highest BCUT2D eigenvalue weighted by Crippen LogP contribution is 2.23. The summed E-state index contributed by atoms with van der Waals surface area (Å²) in [5.41, 5.74) is 1.45. The minimum Gasteiger partial charge on any atom is -0.376 e. The average molecular weight is 305 g/mol. The molecule has 1 saturated heterocycles. The van der Waals surface area contributed by atoms with E-state index in [2.05, 4.69) is 10.6 Å². The van der Waals surface area contributed by atoms with Gasteiger partial charge in [-0.05, 0) is 31.9 Å². The Hall–Kier alpha value is -2.08. The van der Waals surface area contributed by atoms with Crippen LogP contribution >= 0.6 is 0 Å². The second kappa shape index (κ2) is 7.26. The van der Waals surface area contributed by atoms with Crippen molar-refractivity contribution in [2.45, 2.75) is 31.9 Å². The van der Waals surface area contributed by atoms with E-state index in [0.29, 0.717) is 12.3 Å². The van der Waals surface area contributed by atoms with E-state index in [1.165, 1.54) is 0 Å². The van der Waals surface area contributed by atoms with E-state index in [9.17, 15) is 9.59 Å². The standard InChI is InChI=1S/C16H23N3O3/c1-11(14-9-6-10-22-14)17-15(20)16(21)18-12-7-4-5-8-13(12)19(2)3/h4-5,7-8,11,14H,6,9-10H2,1-3H3,(H,17,20)(H,18,21). The third kappa shape index (κ3) is 3.98. The Kier molecular flexibility index (Phi) is 5.38. The van der Waals surface area contributed by atoms with Crippen molar-refractivity contribution >= 4 is 23.2 Å². The summed E-state index contributed by atoms with van der Waals surface area (Å²) in [6, 6.07) is 7.16. The van der Waals surface area contributed by atoms with Crippen LogP contribution in [0.1, 0.15) is 19.8 Å². The molecule has 0 radical (unpaired) electrons. The molecule has 2 amide bonds. The number of hydrogen-bond donors (Lipinski definition) is 2. The van der Waals surface area contributed by atoms with Gasteiger partial charge in [0.05, 0.1) is 23.5 Å². The van der Waals surface area contributed by atoms with Crippen molar-refractivity contribution in [3.05, 3.63) is 24.3 Å². The van der Waals surface area contributed by atoms with Crippen molar-refractivity contribution in [2.24, 2.45) is 0 Å². The molecule has 0 aromatic heterocycles. The lowest BCUT2D eigenvalue weighted by Crippen LogP contribution is -2.45. The summed E-state index contributed by atoms with van der Waals surface area (Å²) in [6.45, 7) is 2.57. The van der Waals surface area contributed by atoms with Crippen molar-refractivity contribution < 1.29 is 14.3 Å². The van der Waals surface area contributed by atoms with E-state index in [4.69, 9.17) is 4.74 Å². The Morgan fingerprint density at radius 1 is 1.27 bits per heavy atom. The van der Waals surface area contributed by atoms with Crippen LogP contribution in [0, 0.1) is 0 Å². The Bertz CT molecular complexity index is 539. The summed E-state index contributed by atoms with van der Waals surface area (Å²) in [7, 11) is 3.76. The van der Waals surface area contributed by atoms with Gasteiger partial charge in [-0.25, -0.2) is 0 Å². The first kappa shape index (κ1) is 16.3. The highest BCUT2D eigenvalue weighted by molar-refractivity contribution is 6.40. The summed E-state index contributed by atoms with van der Waals surface area (Å²) in [5, 5.41) is 5.36. The normalized spacial score (nSPS) is 18.6. The van der Waals surface area contributed by atoms with Gasteiger partial charge < -0.3 is 20.3 Å². The van der Waals surface area contributed by atoms with E-state index in [-0.39, 0.29) is 12.1 Å². The van der Waals surface area contributed by atoms with E-state index in [0.717, 1.165) is 18.5 Å². The zero-order valence-corrected chi connectivity index (χ0v) is 13.3. The van der Waals surface area contributed by atoms with Crippen molar-refractivity contribution in [1.29, 1.82) is 0 Å². The molecule has 1 heterocycles. The molecule has 2 unspecified atom stereocenters. The molecule has 1 fully saturated rings. The van der Waals surface area contributed by atoms with Crippen LogP contribution in [-0.4, -0.2) is 44.7 Å². The number of nitrogens with one attached hydrogen (secondary N) is 2. The van der Waals surface area contributed by atoms with Gasteiger partial charge in [-0.1, -0.05) is 12.1 Å². The molecular weight excluding hydrogens is 282 g/mol. The molecule has 6 heteroatoms. The summed E-state index contributed by atoms with van der Waals surface area (Å²) in [6.07, 6.45) is 1.89. The molecular formula is C16H23N3O3. The highest BCUT2D eigenvalue weighted by Gasteiger charge is 2.26. The van der Waals surface area contributed by atoms with Crippen molar-refractivity contribution in [3.8, 4) is 0 Å². The predicted molar refractivity (Wildman–Crippen MR) is 86.0 cm³/mol. The van der Waals surface area contributed by atoms with Crippen LogP contribution in [0.2, 0.25) is 0 Å². The first-order valence-electron chi connectivity index (χ1n) is 7.49. The molecule has 0 spiro atoms. The number of carbonyl (C=O) groups excluding carboxylic acids is 2. The van der Waals surface area contributed by atoms with Crippen molar-refractivity contribution in [1.82, 2.24) is 5.32 Å². The second-order valence-corrected chi connectivity index (χ2v) is 5.68.